The molecule has 2 heterocycles. The third kappa shape index (κ3) is 10.7. The van der Waals surface area contributed by atoms with Gasteiger partial charge in [-0.1, -0.05) is 75.3 Å². The third-order valence-corrected chi connectivity index (χ3v) is 11.7. The number of rotatable bonds is 15. The summed E-state index contributed by atoms with van der Waals surface area (Å²) in [5.41, 5.74) is -1.91. The van der Waals surface area contributed by atoms with E-state index < -0.39 is 63.8 Å². The fourth-order valence-electron chi connectivity index (χ4n) is 8.27. The Kier molecular flexibility index (Phi) is 13.7. The summed E-state index contributed by atoms with van der Waals surface area (Å²) in [5, 5.41) is 5.87. The van der Waals surface area contributed by atoms with Gasteiger partial charge in [-0.25, -0.2) is 4.79 Å². The van der Waals surface area contributed by atoms with Crippen LogP contribution in [-0.4, -0.2) is 82.1 Å². The van der Waals surface area contributed by atoms with Crippen molar-refractivity contribution in [3.8, 4) is 12.3 Å². The van der Waals surface area contributed by atoms with Crippen molar-refractivity contribution in [3.05, 3.63) is 12.7 Å². The molecule has 3 rings (SSSR count). The van der Waals surface area contributed by atoms with Gasteiger partial charge in [-0.15, -0.1) is 18.9 Å². The maximum absolute atomic E-state index is 14.7. The second-order valence-electron chi connectivity index (χ2n) is 19.2. The van der Waals surface area contributed by atoms with Crippen molar-refractivity contribution in [2.75, 3.05) is 13.1 Å². The number of amides is 5. The smallest absolute Gasteiger partial charge is 0.315 e. The van der Waals surface area contributed by atoms with Crippen LogP contribution in [0.25, 0.3) is 0 Å². The maximum atomic E-state index is 14.7. The highest BCUT2D eigenvalue weighted by molar-refractivity contribution is 6.38. The van der Waals surface area contributed by atoms with Crippen LogP contribution >= 0.6 is 0 Å². The lowest BCUT2D eigenvalue weighted by Gasteiger charge is -2.40. The number of Topliss-reactive ketones (excluding diaryl/α,β-unsaturated/α-hetero) is 3. The average molecular weight is 737 g/mol. The second kappa shape index (κ2) is 16.7. The third-order valence-electron chi connectivity index (χ3n) is 11.7. The zero-order valence-corrected chi connectivity index (χ0v) is 33.9. The van der Waals surface area contributed by atoms with Gasteiger partial charge in [0.1, 0.15) is 6.04 Å². The van der Waals surface area contributed by atoms with Crippen LogP contribution in [0, 0.1) is 51.8 Å². The molecule has 0 aromatic carbocycles. The van der Waals surface area contributed by atoms with E-state index in [0.29, 0.717) is 13.0 Å². The quantitative estimate of drug-likeness (QED) is 0.0956. The Hall–Kier alpha value is -3.81. The molecular formula is C42H64N4O7. The fraction of sp³-hybridized carbons (Fsp3) is 0.738. The van der Waals surface area contributed by atoms with Crippen molar-refractivity contribution in [2.24, 2.45) is 39.4 Å². The van der Waals surface area contributed by atoms with Gasteiger partial charge < -0.3 is 15.5 Å². The monoisotopic (exact) mass is 736 g/mol. The van der Waals surface area contributed by atoms with E-state index in [1.807, 2.05) is 55.4 Å². The van der Waals surface area contributed by atoms with Gasteiger partial charge >= 0.3 is 6.03 Å². The van der Waals surface area contributed by atoms with Gasteiger partial charge in [0.2, 0.25) is 23.5 Å². The summed E-state index contributed by atoms with van der Waals surface area (Å²) in [6.45, 7) is 23.2. The largest absolute Gasteiger partial charge is 0.333 e. The molecule has 0 radical (unpaired) electrons. The topological polar surface area (TPSA) is 150 Å². The van der Waals surface area contributed by atoms with Crippen LogP contribution in [0.5, 0.6) is 0 Å². The summed E-state index contributed by atoms with van der Waals surface area (Å²) >= 11 is 0. The SMILES string of the molecule is C#CCCC(CC(=O)[C@@H]1[C@H]2CCC(C)(C)[C@H]2CN1C(=O)[C@@H](NC(=O)N[C@H](CN1C(=O)CC(C)(C)CC1=O)C(C)(C)C)C(C)(C)C)C(=O)C(=O)CCC=C. The average Bonchev–Trinajstić information content (AvgIpc) is 3.56. The summed E-state index contributed by atoms with van der Waals surface area (Å²) in [6, 6.07) is -3.12. The van der Waals surface area contributed by atoms with E-state index in [-0.39, 0.29) is 79.9 Å². The first-order valence-electron chi connectivity index (χ1n) is 19.2. The zero-order chi connectivity index (χ0) is 40.3. The summed E-state index contributed by atoms with van der Waals surface area (Å²) in [4.78, 5) is 97.8. The minimum Gasteiger partial charge on any atom is -0.333 e. The first kappa shape index (κ1) is 43.6. The van der Waals surface area contributed by atoms with Gasteiger partial charge in [-0.2, -0.15) is 0 Å². The molecule has 0 aromatic heterocycles. The number of terminal acetylenes is 1. The van der Waals surface area contributed by atoms with E-state index in [2.05, 4.69) is 37.0 Å². The van der Waals surface area contributed by atoms with Crippen molar-refractivity contribution >= 4 is 41.1 Å². The highest BCUT2D eigenvalue weighted by Crippen LogP contribution is 2.53. The Labute approximate surface area is 317 Å². The summed E-state index contributed by atoms with van der Waals surface area (Å²) in [7, 11) is 0. The van der Waals surface area contributed by atoms with Crippen LogP contribution in [0.4, 0.5) is 4.79 Å². The van der Waals surface area contributed by atoms with Crippen molar-refractivity contribution < 1.29 is 33.6 Å². The standard InChI is InChI=1S/C42H64N4O7/c1-13-15-17-26(35(51)29(47)18-16-14-2)21-30(48)34-27-19-20-42(11,12)28(27)24-46(34)37(52)36(40(6,7)8)44-38(53)43-31(39(3,4)5)25-45-32(49)22-41(9,10)23-33(45)50/h1,14,26-28,31,34,36H,2,15-25H2,3-12H3,(H2,43,44,53)/t26?,27-,28-,31+,34-,36+/m0/s1. The number of carbonyl (C=O) groups is 7. The molecule has 3 aliphatic rings. The molecular weight excluding hydrogens is 672 g/mol. The van der Waals surface area contributed by atoms with Crippen LogP contribution in [-0.2, 0) is 28.8 Å². The van der Waals surface area contributed by atoms with Crippen LogP contribution in [0.3, 0.4) is 0 Å². The maximum Gasteiger partial charge on any atom is 0.315 e. The van der Waals surface area contributed by atoms with Gasteiger partial charge in [0, 0.05) is 51.1 Å². The molecule has 1 aliphatic carbocycles. The summed E-state index contributed by atoms with van der Waals surface area (Å²) in [5.74, 6) is -0.906. The molecule has 0 spiro atoms. The van der Waals surface area contributed by atoms with E-state index >= 15 is 0 Å². The molecule has 5 amide bonds. The number of nitrogens with zero attached hydrogens (tertiary/aromatic N) is 2. The predicted molar refractivity (Wildman–Crippen MR) is 204 cm³/mol. The van der Waals surface area contributed by atoms with Crippen molar-refractivity contribution in [2.45, 2.75) is 145 Å². The van der Waals surface area contributed by atoms with E-state index in [1.54, 1.807) is 11.0 Å². The van der Waals surface area contributed by atoms with E-state index in [0.717, 1.165) is 12.8 Å². The molecule has 1 unspecified atom stereocenters. The molecule has 53 heavy (non-hydrogen) atoms. The normalized spacial score (nSPS) is 24.1. The number of fused-ring (bicyclic) bond motifs is 1. The number of imide groups is 1. The van der Waals surface area contributed by atoms with Gasteiger partial charge in [-0.05, 0) is 59.2 Å². The molecule has 294 valence electrons. The number of carbonyl (C=O) groups excluding carboxylic acids is 7. The number of hydrogen-bond donors (Lipinski definition) is 2. The number of urea groups is 1. The number of nitrogens with one attached hydrogen (secondary N) is 2. The lowest BCUT2D eigenvalue weighted by atomic mass is 9.78. The van der Waals surface area contributed by atoms with Crippen LogP contribution in [0.1, 0.15) is 127 Å². The Morgan fingerprint density at radius 3 is 2.11 bits per heavy atom. The van der Waals surface area contributed by atoms with Gasteiger partial charge in [-0.3, -0.25) is 33.7 Å². The fourth-order valence-corrected chi connectivity index (χ4v) is 8.27. The molecule has 2 saturated heterocycles. The molecule has 1 saturated carbocycles. The molecule has 6 atom stereocenters. The van der Waals surface area contributed by atoms with Crippen LogP contribution in [0.15, 0.2) is 12.7 Å². The highest BCUT2D eigenvalue weighted by atomic mass is 16.2. The van der Waals surface area contributed by atoms with Gasteiger partial charge in [0.15, 0.2) is 11.6 Å². The van der Waals surface area contributed by atoms with Crippen LogP contribution < -0.4 is 10.6 Å². The molecule has 0 bridgehead atoms. The zero-order valence-electron chi connectivity index (χ0n) is 33.9. The van der Waals surface area contributed by atoms with Gasteiger partial charge in [0.05, 0.1) is 12.1 Å². The van der Waals surface area contributed by atoms with E-state index in [1.165, 1.54) is 4.90 Å². The first-order valence-corrected chi connectivity index (χ1v) is 19.2. The molecule has 2 aliphatic heterocycles. The Morgan fingerprint density at radius 1 is 0.981 bits per heavy atom. The number of allylic oxidation sites excluding steroid dienone is 1. The van der Waals surface area contributed by atoms with E-state index in [4.69, 9.17) is 6.42 Å². The molecule has 11 heteroatoms. The number of ketones is 3. The van der Waals surface area contributed by atoms with Crippen LogP contribution in [0.2, 0.25) is 0 Å². The van der Waals surface area contributed by atoms with Crippen molar-refractivity contribution in [1.82, 2.24) is 20.4 Å². The lowest BCUT2D eigenvalue weighted by molar-refractivity contribution is -0.153. The number of likely N-dealkylation sites (tertiary alicyclic amines) is 2. The molecule has 11 nitrogen and oxygen atoms in total. The molecule has 2 N–H and O–H groups in total. The highest BCUT2D eigenvalue weighted by Gasteiger charge is 2.57. The Morgan fingerprint density at radius 2 is 1.58 bits per heavy atom. The van der Waals surface area contributed by atoms with Gasteiger partial charge in [0.25, 0.3) is 0 Å². The first-order chi connectivity index (χ1) is 24.3. The van der Waals surface area contributed by atoms with E-state index in [9.17, 15) is 33.6 Å². The Bertz CT molecular complexity index is 1490. The molecule has 3 fully saturated rings. The minimum atomic E-state index is -1.04. The minimum absolute atomic E-state index is 0.00437. The number of piperidine rings is 1. The van der Waals surface area contributed by atoms with Crippen molar-refractivity contribution in [3.63, 3.8) is 0 Å². The summed E-state index contributed by atoms with van der Waals surface area (Å²) < 4.78 is 0. The lowest BCUT2D eigenvalue weighted by Crippen LogP contribution is -2.62. The molecule has 0 aromatic rings. The predicted octanol–water partition coefficient (Wildman–Crippen LogP) is 5.65. The number of hydrogen-bond acceptors (Lipinski definition) is 7. The van der Waals surface area contributed by atoms with Crippen molar-refractivity contribution in [1.29, 1.82) is 0 Å². The second-order valence-corrected chi connectivity index (χ2v) is 19.2. The summed E-state index contributed by atoms with van der Waals surface area (Å²) in [6.07, 6.45) is 9.71. The Balaban J connectivity index is 1.89.